The first-order valence-electron chi connectivity index (χ1n) is 8.44. The number of halogens is 1. The van der Waals surface area contributed by atoms with E-state index in [1.165, 1.54) is 54.7 Å². The van der Waals surface area contributed by atoms with Gasteiger partial charge < -0.3 is 5.32 Å². The minimum atomic E-state index is 0. The molecule has 23 heavy (non-hydrogen) atoms. The van der Waals surface area contributed by atoms with Crippen LogP contribution < -0.4 is 5.32 Å². The highest BCUT2D eigenvalue weighted by Crippen LogP contribution is 2.45. The van der Waals surface area contributed by atoms with E-state index in [2.05, 4.69) is 65.8 Å². The number of benzene rings is 2. The summed E-state index contributed by atoms with van der Waals surface area (Å²) in [6.07, 6.45) is 2.61. The Balaban J connectivity index is 0.00000156. The van der Waals surface area contributed by atoms with Crippen molar-refractivity contribution in [2.75, 3.05) is 26.7 Å². The van der Waals surface area contributed by atoms with Crippen LogP contribution >= 0.6 is 12.4 Å². The predicted octanol–water partition coefficient (Wildman–Crippen LogP) is 4.11. The molecule has 122 valence electrons. The summed E-state index contributed by atoms with van der Waals surface area (Å²) in [6.45, 7) is 3.54. The van der Waals surface area contributed by atoms with E-state index < -0.39 is 0 Å². The normalized spacial score (nSPS) is 17.7. The summed E-state index contributed by atoms with van der Waals surface area (Å²) in [6, 6.07) is 18.2. The highest BCUT2D eigenvalue weighted by Gasteiger charge is 2.31. The van der Waals surface area contributed by atoms with Gasteiger partial charge in [0, 0.05) is 6.54 Å². The van der Waals surface area contributed by atoms with E-state index in [0.717, 1.165) is 5.92 Å². The van der Waals surface area contributed by atoms with Crippen LogP contribution in [0.1, 0.15) is 30.0 Å². The number of fused-ring (bicyclic) bond motifs is 3. The van der Waals surface area contributed by atoms with Crippen LogP contribution in [0.25, 0.3) is 11.1 Å². The summed E-state index contributed by atoms with van der Waals surface area (Å²) in [5, 5.41) is 3.47. The molecule has 1 fully saturated rings. The van der Waals surface area contributed by atoms with Gasteiger partial charge in [0.15, 0.2) is 0 Å². The third-order valence-electron chi connectivity index (χ3n) is 5.25. The Hall–Kier alpha value is -1.35. The van der Waals surface area contributed by atoms with Crippen molar-refractivity contribution in [3.05, 3.63) is 59.7 Å². The van der Waals surface area contributed by atoms with E-state index >= 15 is 0 Å². The predicted molar refractivity (Wildman–Crippen MR) is 99.2 cm³/mol. The lowest BCUT2D eigenvalue weighted by Gasteiger charge is -2.32. The van der Waals surface area contributed by atoms with E-state index in [1.807, 2.05) is 0 Å². The fourth-order valence-corrected chi connectivity index (χ4v) is 4.18. The lowest BCUT2D eigenvalue weighted by molar-refractivity contribution is 0.210. The van der Waals surface area contributed by atoms with Crippen LogP contribution in [0.4, 0.5) is 0 Å². The van der Waals surface area contributed by atoms with Gasteiger partial charge in [-0.25, -0.2) is 0 Å². The third kappa shape index (κ3) is 3.03. The summed E-state index contributed by atoms with van der Waals surface area (Å²) >= 11 is 0. The summed E-state index contributed by atoms with van der Waals surface area (Å²) in [7, 11) is 2.30. The van der Waals surface area contributed by atoms with E-state index in [9.17, 15) is 0 Å². The average Bonchev–Trinajstić information content (AvgIpc) is 2.90. The maximum atomic E-state index is 3.47. The first kappa shape index (κ1) is 16.5. The molecule has 0 atom stereocenters. The number of hydrogen-bond acceptors (Lipinski definition) is 2. The van der Waals surface area contributed by atoms with Gasteiger partial charge in [-0.05, 0) is 61.2 Å². The summed E-state index contributed by atoms with van der Waals surface area (Å²) in [5.41, 5.74) is 5.78. The molecule has 2 nitrogen and oxygen atoms in total. The standard InChI is InChI=1S/C20H24N2.ClH/c1-22(14-15-10-12-21-13-11-15)20-18-8-4-2-6-16(18)17-7-3-5-9-19(17)20;/h2-9,15,20-21H,10-14H2,1H3;1H. The second-order valence-corrected chi connectivity index (χ2v) is 6.71. The fourth-order valence-electron chi connectivity index (χ4n) is 4.18. The second kappa shape index (κ2) is 7.04. The maximum absolute atomic E-state index is 3.47. The minimum Gasteiger partial charge on any atom is -0.317 e. The molecule has 0 bridgehead atoms. The zero-order valence-corrected chi connectivity index (χ0v) is 14.5. The molecule has 2 aromatic rings. The minimum absolute atomic E-state index is 0. The molecule has 2 aliphatic rings. The molecule has 0 amide bonds. The van der Waals surface area contributed by atoms with Gasteiger partial charge in [0.25, 0.3) is 0 Å². The molecule has 0 radical (unpaired) electrons. The average molecular weight is 329 g/mol. The molecule has 1 saturated heterocycles. The molecule has 0 unspecified atom stereocenters. The van der Waals surface area contributed by atoms with Crippen LogP contribution in [-0.2, 0) is 0 Å². The molecular formula is C20H25ClN2. The van der Waals surface area contributed by atoms with E-state index in [0.29, 0.717) is 6.04 Å². The molecule has 2 aromatic carbocycles. The quantitative estimate of drug-likeness (QED) is 0.912. The molecule has 1 N–H and O–H groups in total. The lowest BCUT2D eigenvalue weighted by atomic mass is 9.95. The summed E-state index contributed by atoms with van der Waals surface area (Å²) < 4.78 is 0. The van der Waals surface area contributed by atoms with E-state index in [1.54, 1.807) is 0 Å². The van der Waals surface area contributed by atoms with Crippen LogP contribution in [0.5, 0.6) is 0 Å². The Labute approximate surface area is 145 Å². The Kier molecular flexibility index (Phi) is 5.05. The molecule has 1 heterocycles. The topological polar surface area (TPSA) is 15.3 Å². The Morgan fingerprint density at radius 1 is 0.913 bits per heavy atom. The fraction of sp³-hybridized carbons (Fsp3) is 0.400. The smallest absolute Gasteiger partial charge is 0.0611 e. The van der Waals surface area contributed by atoms with Crippen LogP contribution in [-0.4, -0.2) is 31.6 Å². The Morgan fingerprint density at radius 2 is 1.43 bits per heavy atom. The number of nitrogens with zero attached hydrogens (tertiary/aromatic N) is 1. The number of piperidine rings is 1. The van der Waals surface area contributed by atoms with Crippen molar-refractivity contribution in [2.24, 2.45) is 5.92 Å². The summed E-state index contributed by atoms with van der Waals surface area (Å²) in [5.74, 6) is 0.825. The van der Waals surface area contributed by atoms with E-state index in [-0.39, 0.29) is 12.4 Å². The number of rotatable bonds is 3. The Morgan fingerprint density at radius 3 is 2.00 bits per heavy atom. The van der Waals surface area contributed by atoms with Gasteiger partial charge in [-0.15, -0.1) is 12.4 Å². The molecular weight excluding hydrogens is 304 g/mol. The Bertz CT molecular complexity index is 619. The third-order valence-corrected chi connectivity index (χ3v) is 5.25. The molecule has 0 saturated carbocycles. The van der Waals surface area contributed by atoms with Crippen LogP contribution in [0.3, 0.4) is 0 Å². The zero-order valence-electron chi connectivity index (χ0n) is 13.7. The van der Waals surface area contributed by atoms with Gasteiger partial charge in [0.05, 0.1) is 6.04 Å². The van der Waals surface area contributed by atoms with Crippen molar-refractivity contribution in [3.63, 3.8) is 0 Å². The zero-order chi connectivity index (χ0) is 14.9. The van der Waals surface area contributed by atoms with Crippen molar-refractivity contribution in [2.45, 2.75) is 18.9 Å². The highest BCUT2D eigenvalue weighted by atomic mass is 35.5. The van der Waals surface area contributed by atoms with Gasteiger partial charge in [-0.3, -0.25) is 4.90 Å². The molecule has 0 aromatic heterocycles. The van der Waals surface area contributed by atoms with Gasteiger partial charge in [-0.2, -0.15) is 0 Å². The van der Waals surface area contributed by atoms with Gasteiger partial charge in [-0.1, -0.05) is 48.5 Å². The monoisotopic (exact) mass is 328 g/mol. The van der Waals surface area contributed by atoms with Crippen molar-refractivity contribution in [1.82, 2.24) is 10.2 Å². The highest BCUT2D eigenvalue weighted by molar-refractivity contribution is 5.85. The lowest BCUT2D eigenvalue weighted by Crippen LogP contribution is -2.36. The molecule has 4 rings (SSSR count). The largest absolute Gasteiger partial charge is 0.317 e. The van der Waals surface area contributed by atoms with Crippen molar-refractivity contribution in [1.29, 1.82) is 0 Å². The van der Waals surface area contributed by atoms with Crippen LogP contribution in [0, 0.1) is 5.92 Å². The number of hydrogen-bond donors (Lipinski definition) is 1. The first-order chi connectivity index (χ1) is 10.8. The van der Waals surface area contributed by atoms with Crippen LogP contribution in [0.15, 0.2) is 48.5 Å². The first-order valence-corrected chi connectivity index (χ1v) is 8.44. The van der Waals surface area contributed by atoms with Crippen molar-refractivity contribution in [3.8, 4) is 11.1 Å². The SMILES string of the molecule is CN(CC1CCNCC1)C1c2ccccc2-c2ccccc21.Cl. The van der Waals surface area contributed by atoms with Gasteiger partial charge in [0.1, 0.15) is 0 Å². The molecule has 1 aliphatic heterocycles. The van der Waals surface area contributed by atoms with Gasteiger partial charge >= 0.3 is 0 Å². The van der Waals surface area contributed by atoms with Gasteiger partial charge in [0.2, 0.25) is 0 Å². The van der Waals surface area contributed by atoms with Crippen molar-refractivity contribution < 1.29 is 0 Å². The van der Waals surface area contributed by atoms with E-state index in [4.69, 9.17) is 0 Å². The summed E-state index contributed by atoms with van der Waals surface area (Å²) in [4.78, 5) is 2.57. The molecule has 3 heteroatoms. The molecule has 0 spiro atoms. The van der Waals surface area contributed by atoms with Crippen LogP contribution in [0.2, 0.25) is 0 Å². The number of nitrogens with one attached hydrogen (secondary N) is 1. The van der Waals surface area contributed by atoms with Crippen molar-refractivity contribution >= 4 is 12.4 Å². The second-order valence-electron chi connectivity index (χ2n) is 6.71. The maximum Gasteiger partial charge on any atom is 0.0611 e. The molecule has 1 aliphatic carbocycles.